The van der Waals surface area contributed by atoms with Crippen molar-refractivity contribution in [3.63, 3.8) is 0 Å². The van der Waals surface area contributed by atoms with Gasteiger partial charge in [-0.1, -0.05) is 0 Å². The van der Waals surface area contributed by atoms with E-state index in [2.05, 4.69) is 30.9 Å². The van der Waals surface area contributed by atoms with Crippen LogP contribution in [0.3, 0.4) is 0 Å². The van der Waals surface area contributed by atoms with Crippen LogP contribution in [0.5, 0.6) is 0 Å². The maximum atomic E-state index is 11.7. The van der Waals surface area contributed by atoms with Crippen molar-refractivity contribution in [1.29, 1.82) is 0 Å². The summed E-state index contributed by atoms with van der Waals surface area (Å²) in [6.45, 7) is 1.90. The SMILES string of the molecule is CCOC(=O)/C(=C\c1c[se]c(-c2ccc(Br)cc2)n1)N=[N+]=[N-]. The molecule has 0 aliphatic carbocycles. The van der Waals surface area contributed by atoms with E-state index in [1.165, 1.54) is 6.08 Å². The van der Waals surface area contributed by atoms with Crippen LogP contribution in [-0.2, 0) is 9.53 Å². The minimum absolute atomic E-state index is 0.0653. The number of aromatic nitrogens is 1. The number of azide groups is 1. The molecule has 0 bridgehead atoms. The number of esters is 1. The Hall–Kier alpha value is -1.85. The number of halogens is 1. The van der Waals surface area contributed by atoms with Crippen molar-refractivity contribution >= 4 is 42.5 Å². The molecule has 0 spiro atoms. The van der Waals surface area contributed by atoms with E-state index in [-0.39, 0.29) is 26.8 Å². The van der Waals surface area contributed by atoms with Gasteiger partial charge in [-0.15, -0.1) is 0 Å². The zero-order valence-electron chi connectivity index (χ0n) is 11.6. The summed E-state index contributed by atoms with van der Waals surface area (Å²) in [6, 6.07) is 7.85. The minimum atomic E-state index is -0.652. The second-order valence-corrected chi connectivity index (χ2v) is 6.74. The quantitative estimate of drug-likeness (QED) is 0.182. The van der Waals surface area contributed by atoms with E-state index in [4.69, 9.17) is 10.3 Å². The molecule has 0 aliphatic rings. The molecule has 0 radical (unpaired) electrons. The van der Waals surface area contributed by atoms with Gasteiger partial charge < -0.3 is 0 Å². The standard InChI is InChI=1S/C14H11BrN4O2Se/c1-2-21-14(20)12(18-19-16)7-11-8-22-13(17-11)9-3-5-10(15)6-4-9/h3-8H,2H2,1H3/b12-7+. The molecule has 0 amide bonds. The first kappa shape index (κ1) is 16.5. The monoisotopic (exact) mass is 426 g/mol. The van der Waals surface area contributed by atoms with Gasteiger partial charge >= 0.3 is 141 Å². The van der Waals surface area contributed by atoms with Crippen LogP contribution >= 0.6 is 15.9 Å². The predicted molar refractivity (Wildman–Crippen MR) is 88.1 cm³/mol. The van der Waals surface area contributed by atoms with Crippen LogP contribution < -0.4 is 0 Å². The van der Waals surface area contributed by atoms with Crippen LogP contribution in [0.15, 0.2) is 44.5 Å². The molecule has 0 saturated carbocycles. The maximum absolute atomic E-state index is 11.7. The van der Waals surface area contributed by atoms with Crippen molar-refractivity contribution in [3.05, 3.63) is 55.5 Å². The molecule has 112 valence electrons. The molecule has 0 fully saturated rings. The Morgan fingerprint density at radius 2 is 2.23 bits per heavy atom. The Morgan fingerprint density at radius 1 is 1.50 bits per heavy atom. The molecule has 0 atom stereocenters. The van der Waals surface area contributed by atoms with Crippen molar-refractivity contribution in [3.8, 4) is 10.1 Å². The van der Waals surface area contributed by atoms with Crippen molar-refractivity contribution < 1.29 is 9.53 Å². The number of rotatable bonds is 5. The molecule has 0 unspecified atom stereocenters. The number of carbonyl (C=O) groups excluding carboxylic acids is 1. The van der Waals surface area contributed by atoms with Crippen molar-refractivity contribution in [2.45, 2.75) is 6.92 Å². The van der Waals surface area contributed by atoms with E-state index in [1.54, 1.807) is 6.92 Å². The van der Waals surface area contributed by atoms with Gasteiger partial charge in [0.05, 0.1) is 0 Å². The van der Waals surface area contributed by atoms with E-state index in [9.17, 15) is 4.79 Å². The summed E-state index contributed by atoms with van der Waals surface area (Å²) >= 11 is 3.46. The summed E-state index contributed by atoms with van der Waals surface area (Å²) in [4.78, 5) is 20.7. The molecule has 6 nitrogen and oxygen atoms in total. The fraction of sp³-hybridized carbons (Fsp3) is 0.143. The molecule has 2 rings (SSSR count). The predicted octanol–water partition coefficient (Wildman–Crippen LogP) is 3.78. The Bertz CT molecular complexity index is 748. The zero-order valence-corrected chi connectivity index (χ0v) is 14.9. The fourth-order valence-corrected chi connectivity index (χ4v) is 3.51. The molecular formula is C14H11BrN4O2Se. The van der Waals surface area contributed by atoms with Crippen molar-refractivity contribution in [2.24, 2.45) is 5.11 Å². The summed E-state index contributed by atoms with van der Waals surface area (Å²) in [5.41, 5.74) is 10.1. The third kappa shape index (κ3) is 4.32. The first-order chi connectivity index (χ1) is 10.6. The molecule has 8 heteroatoms. The topological polar surface area (TPSA) is 88.0 Å². The van der Waals surface area contributed by atoms with Crippen LogP contribution in [0.25, 0.3) is 26.7 Å². The van der Waals surface area contributed by atoms with Gasteiger partial charge in [-0.3, -0.25) is 0 Å². The third-order valence-corrected chi connectivity index (χ3v) is 4.97. The zero-order chi connectivity index (χ0) is 15.9. The number of carbonyl (C=O) groups is 1. The Balaban J connectivity index is 2.29. The third-order valence-electron chi connectivity index (χ3n) is 2.53. The van der Waals surface area contributed by atoms with E-state index >= 15 is 0 Å². The van der Waals surface area contributed by atoms with Gasteiger partial charge in [0.1, 0.15) is 0 Å². The molecule has 0 aliphatic heterocycles. The van der Waals surface area contributed by atoms with Crippen LogP contribution in [0.1, 0.15) is 12.6 Å². The summed E-state index contributed by atoms with van der Waals surface area (Å²) in [7, 11) is 0. The average Bonchev–Trinajstić information content (AvgIpc) is 2.96. The number of hydrogen-bond acceptors (Lipinski definition) is 4. The van der Waals surface area contributed by atoms with Gasteiger partial charge in [0, 0.05) is 0 Å². The first-order valence-electron chi connectivity index (χ1n) is 6.29. The van der Waals surface area contributed by atoms with Gasteiger partial charge in [0.25, 0.3) is 0 Å². The van der Waals surface area contributed by atoms with Gasteiger partial charge in [0.2, 0.25) is 0 Å². The summed E-state index contributed by atoms with van der Waals surface area (Å²) < 4.78 is 6.80. The van der Waals surface area contributed by atoms with Gasteiger partial charge in [-0.25, -0.2) is 0 Å². The first-order valence-corrected chi connectivity index (χ1v) is 8.93. The van der Waals surface area contributed by atoms with E-state index in [0.29, 0.717) is 5.69 Å². The Labute approximate surface area is 141 Å². The van der Waals surface area contributed by atoms with Crippen LogP contribution in [0.4, 0.5) is 0 Å². The molecule has 1 aromatic heterocycles. The van der Waals surface area contributed by atoms with E-state index < -0.39 is 5.97 Å². The van der Waals surface area contributed by atoms with Crippen molar-refractivity contribution in [2.75, 3.05) is 6.61 Å². The van der Waals surface area contributed by atoms with Gasteiger partial charge in [-0.05, 0) is 0 Å². The van der Waals surface area contributed by atoms with Crippen LogP contribution in [0, 0.1) is 0 Å². The second kappa shape index (κ2) is 7.96. The molecule has 0 saturated heterocycles. The number of benzene rings is 1. The van der Waals surface area contributed by atoms with E-state index in [0.717, 1.165) is 14.6 Å². The summed E-state index contributed by atoms with van der Waals surface area (Å²) in [6.07, 6.45) is 1.45. The molecule has 22 heavy (non-hydrogen) atoms. The Morgan fingerprint density at radius 3 is 2.86 bits per heavy atom. The summed E-state index contributed by atoms with van der Waals surface area (Å²) in [5, 5.41) is 3.37. The van der Waals surface area contributed by atoms with Gasteiger partial charge in [-0.2, -0.15) is 0 Å². The average molecular weight is 426 g/mol. The Kier molecular flexibility index (Phi) is 5.98. The normalized spacial score (nSPS) is 10.9. The molecule has 2 aromatic rings. The van der Waals surface area contributed by atoms with Gasteiger partial charge in [0.15, 0.2) is 0 Å². The van der Waals surface area contributed by atoms with Crippen LogP contribution in [0.2, 0.25) is 0 Å². The molecular weight excluding hydrogens is 415 g/mol. The van der Waals surface area contributed by atoms with Crippen LogP contribution in [-0.4, -0.2) is 32.1 Å². The molecule has 1 aromatic carbocycles. The van der Waals surface area contributed by atoms with Crippen molar-refractivity contribution in [1.82, 2.24) is 4.98 Å². The number of ether oxygens (including phenoxy) is 1. The fourth-order valence-electron chi connectivity index (χ4n) is 1.60. The number of nitrogens with zero attached hydrogens (tertiary/aromatic N) is 4. The number of hydrogen-bond donors (Lipinski definition) is 0. The second-order valence-electron chi connectivity index (χ2n) is 4.02. The molecule has 0 N–H and O–H groups in total. The van der Waals surface area contributed by atoms with E-state index in [1.807, 2.05) is 29.2 Å². The summed E-state index contributed by atoms with van der Waals surface area (Å²) in [5.74, 6) is -0.652. The molecule has 1 heterocycles.